The summed E-state index contributed by atoms with van der Waals surface area (Å²) in [4.78, 5) is 16.8. The fourth-order valence-corrected chi connectivity index (χ4v) is 3.27. The standard InChI is InChI=1S/C22H14ClNO/c23-17-11-12-20-18(13-17)21(15-7-3-1-4-8-15)19(14-25)22(24-20)16-9-5-2-6-10-16/h1-14H. The predicted molar refractivity (Wildman–Crippen MR) is 103 cm³/mol. The average molecular weight is 344 g/mol. The van der Waals surface area contributed by atoms with Gasteiger partial charge in [-0.1, -0.05) is 72.3 Å². The van der Waals surface area contributed by atoms with Crippen LogP contribution in [0.3, 0.4) is 0 Å². The number of aldehydes is 1. The van der Waals surface area contributed by atoms with E-state index in [1.54, 1.807) is 0 Å². The maximum atomic E-state index is 12.1. The van der Waals surface area contributed by atoms with Crippen molar-refractivity contribution in [3.05, 3.63) is 89.4 Å². The average Bonchev–Trinajstić information content (AvgIpc) is 2.68. The van der Waals surface area contributed by atoms with Crippen LogP contribution in [-0.4, -0.2) is 11.3 Å². The van der Waals surface area contributed by atoms with E-state index in [9.17, 15) is 4.79 Å². The summed E-state index contributed by atoms with van der Waals surface area (Å²) in [6.07, 6.45) is 0.887. The predicted octanol–water partition coefficient (Wildman–Crippen LogP) is 6.03. The highest BCUT2D eigenvalue weighted by Crippen LogP contribution is 2.36. The molecular weight excluding hydrogens is 330 g/mol. The minimum atomic E-state index is 0.576. The van der Waals surface area contributed by atoms with Crippen molar-refractivity contribution < 1.29 is 4.79 Å². The van der Waals surface area contributed by atoms with Crippen molar-refractivity contribution in [2.75, 3.05) is 0 Å². The highest BCUT2D eigenvalue weighted by molar-refractivity contribution is 6.31. The van der Waals surface area contributed by atoms with E-state index in [1.807, 2.05) is 78.9 Å². The second-order valence-corrected chi connectivity index (χ2v) is 6.20. The number of halogens is 1. The number of pyridine rings is 1. The van der Waals surface area contributed by atoms with Crippen molar-refractivity contribution in [3.8, 4) is 22.4 Å². The van der Waals surface area contributed by atoms with Gasteiger partial charge < -0.3 is 0 Å². The van der Waals surface area contributed by atoms with Crippen LogP contribution < -0.4 is 0 Å². The summed E-state index contributed by atoms with van der Waals surface area (Å²) in [5, 5.41) is 1.50. The molecule has 4 aromatic rings. The lowest BCUT2D eigenvalue weighted by atomic mass is 9.92. The van der Waals surface area contributed by atoms with Gasteiger partial charge in [0, 0.05) is 27.1 Å². The van der Waals surface area contributed by atoms with E-state index in [2.05, 4.69) is 0 Å². The van der Waals surface area contributed by atoms with Gasteiger partial charge in [0.1, 0.15) is 0 Å². The number of rotatable bonds is 3. The lowest BCUT2D eigenvalue weighted by Gasteiger charge is -2.14. The molecule has 0 radical (unpaired) electrons. The van der Waals surface area contributed by atoms with Gasteiger partial charge >= 0.3 is 0 Å². The Balaban J connectivity index is 2.16. The third-order valence-electron chi connectivity index (χ3n) is 4.21. The van der Waals surface area contributed by atoms with Crippen LogP contribution >= 0.6 is 11.6 Å². The van der Waals surface area contributed by atoms with E-state index < -0.39 is 0 Å². The molecule has 0 atom stereocenters. The summed E-state index contributed by atoms with van der Waals surface area (Å²) >= 11 is 6.21. The van der Waals surface area contributed by atoms with Crippen molar-refractivity contribution >= 4 is 28.8 Å². The van der Waals surface area contributed by atoms with Gasteiger partial charge in [0.05, 0.1) is 11.2 Å². The molecule has 1 aromatic heterocycles. The molecule has 0 N–H and O–H groups in total. The molecule has 0 amide bonds. The molecule has 0 unspecified atom stereocenters. The normalized spacial score (nSPS) is 10.8. The van der Waals surface area contributed by atoms with Crippen LogP contribution in [0.4, 0.5) is 0 Å². The van der Waals surface area contributed by atoms with Crippen LogP contribution in [0.25, 0.3) is 33.3 Å². The van der Waals surface area contributed by atoms with Gasteiger partial charge in [-0.3, -0.25) is 4.79 Å². The number of nitrogens with zero attached hydrogens (tertiary/aromatic N) is 1. The van der Waals surface area contributed by atoms with E-state index in [0.717, 1.165) is 33.9 Å². The fourth-order valence-electron chi connectivity index (χ4n) is 3.10. The molecule has 3 heteroatoms. The summed E-state index contributed by atoms with van der Waals surface area (Å²) in [5.41, 5.74) is 4.82. The molecule has 2 nitrogen and oxygen atoms in total. The molecule has 0 spiro atoms. The van der Waals surface area contributed by atoms with Crippen molar-refractivity contribution in [3.63, 3.8) is 0 Å². The molecule has 0 saturated carbocycles. The van der Waals surface area contributed by atoms with Crippen molar-refractivity contribution in [2.24, 2.45) is 0 Å². The molecule has 0 saturated heterocycles. The molecule has 0 fully saturated rings. The quantitative estimate of drug-likeness (QED) is 0.425. The zero-order valence-corrected chi connectivity index (χ0v) is 14.1. The zero-order chi connectivity index (χ0) is 17.2. The summed E-state index contributed by atoms with van der Waals surface area (Å²) in [5.74, 6) is 0. The number of carbonyl (C=O) groups is 1. The molecule has 4 rings (SSSR count). The Morgan fingerprint density at radius 2 is 1.44 bits per heavy atom. The Kier molecular flexibility index (Phi) is 4.04. The topological polar surface area (TPSA) is 30.0 Å². The molecule has 1 heterocycles. The van der Waals surface area contributed by atoms with Gasteiger partial charge in [0.2, 0.25) is 0 Å². The Morgan fingerprint density at radius 3 is 2.08 bits per heavy atom. The minimum Gasteiger partial charge on any atom is -0.298 e. The van der Waals surface area contributed by atoms with Crippen molar-refractivity contribution in [2.45, 2.75) is 0 Å². The van der Waals surface area contributed by atoms with Gasteiger partial charge in [-0.05, 0) is 23.8 Å². The summed E-state index contributed by atoms with van der Waals surface area (Å²) in [6.45, 7) is 0. The second-order valence-electron chi connectivity index (χ2n) is 5.76. The smallest absolute Gasteiger partial charge is 0.152 e. The fraction of sp³-hybridized carbons (Fsp3) is 0. The first-order valence-corrected chi connectivity index (χ1v) is 8.35. The van der Waals surface area contributed by atoms with E-state index in [4.69, 9.17) is 16.6 Å². The number of aromatic nitrogens is 1. The zero-order valence-electron chi connectivity index (χ0n) is 13.3. The van der Waals surface area contributed by atoms with Crippen LogP contribution in [0.2, 0.25) is 5.02 Å². The SMILES string of the molecule is O=Cc1c(-c2ccccc2)nc2ccc(Cl)cc2c1-c1ccccc1. The molecule has 120 valence electrons. The Bertz CT molecular complexity index is 1060. The second kappa shape index (κ2) is 6.50. The third-order valence-corrected chi connectivity index (χ3v) is 4.45. The van der Waals surface area contributed by atoms with Gasteiger partial charge in [-0.15, -0.1) is 0 Å². The Morgan fingerprint density at radius 1 is 0.800 bits per heavy atom. The number of carbonyl (C=O) groups excluding carboxylic acids is 1. The summed E-state index contributed by atoms with van der Waals surface area (Å²) in [7, 11) is 0. The van der Waals surface area contributed by atoms with Crippen LogP contribution in [0.15, 0.2) is 78.9 Å². The van der Waals surface area contributed by atoms with Gasteiger partial charge in [0.15, 0.2) is 6.29 Å². The monoisotopic (exact) mass is 343 g/mol. The maximum Gasteiger partial charge on any atom is 0.152 e. The van der Waals surface area contributed by atoms with Crippen LogP contribution in [0.5, 0.6) is 0 Å². The van der Waals surface area contributed by atoms with E-state index in [1.165, 1.54) is 0 Å². The van der Waals surface area contributed by atoms with Crippen molar-refractivity contribution in [1.82, 2.24) is 4.98 Å². The highest BCUT2D eigenvalue weighted by atomic mass is 35.5. The number of hydrogen-bond donors (Lipinski definition) is 0. The lowest BCUT2D eigenvalue weighted by molar-refractivity contribution is 0.112. The molecule has 0 aliphatic heterocycles. The first-order valence-electron chi connectivity index (χ1n) is 7.97. The number of fused-ring (bicyclic) bond motifs is 1. The van der Waals surface area contributed by atoms with Crippen LogP contribution in [-0.2, 0) is 0 Å². The number of hydrogen-bond acceptors (Lipinski definition) is 2. The van der Waals surface area contributed by atoms with Crippen LogP contribution in [0.1, 0.15) is 10.4 Å². The largest absolute Gasteiger partial charge is 0.298 e. The molecule has 0 aliphatic rings. The molecule has 3 aromatic carbocycles. The maximum absolute atomic E-state index is 12.1. The Hall–Kier alpha value is -2.97. The van der Waals surface area contributed by atoms with Gasteiger partial charge in [-0.25, -0.2) is 4.98 Å². The third kappa shape index (κ3) is 2.81. The first kappa shape index (κ1) is 15.6. The highest BCUT2D eigenvalue weighted by Gasteiger charge is 2.17. The summed E-state index contributed by atoms with van der Waals surface area (Å²) < 4.78 is 0. The lowest BCUT2D eigenvalue weighted by Crippen LogP contribution is -1.98. The minimum absolute atomic E-state index is 0.576. The molecular formula is C22H14ClNO. The summed E-state index contributed by atoms with van der Waals surface area (Å²) in [6, 6.07) is 25.2. The van der Waals surface area contributed by atoms with E-state index in [-0.39, 0.29) is 0 Å². The van der Waals surface area contributed by atoms with Crippen molar-refractivity contribution in [1.29, 1.82) is 0 Å². The molecule has 0 bridgehead atoms. The van der Waals surface area contributed by atoms with Crippen LogP contribution in [0, 0.1) is 0 Å². The van der Waals surface area contributed by atoms with Gasteiger partial charge in [-0.2, -0.15) is 0 Å². The molecule has 0 aliphatic carbocycles. The van der Waals surface area contributed by atoms with Gasteiger partial charge in [0.25, 0.3) is 0 Å². The Labute approximate surface area is 150 Å². The molecule has 25 heavy (non-hydrogen) atoms. The number of benzene rings is 3. The van der Waals surface area contributed by atoms with E-state index in [0.29, 0.717) is 16.3 Å². The van der Waals surface area contributed by atoms with E-state index >= 15 is 0 Å². The first-order chi connectivity index (χ1) is 12.3.